The lowest BCUT2D eigenvalue weighted by atomic mass is 10.2. The Morgan fingerprint density at radius 2 is 2.07 bits per heavy atom. The number of nitrogens with zero attached hydrogens (tertiary/aromatic N) is 4. The van der Waals surface area contributed by atoms with E-state index in [2.05, 4.69) is 15.2 Å². The number of oxazole rings is 1. The van der Waals surface area contributed by atoms with Crippen molar-refractivity contribution in [1.82, 2.24) is 19.7 Å². The number of methoxy groups -OCH3 is 1. The summed E-state index contributed by atoms with van der Waals surface area (Å²) in [6.07, 6.45) is 3.37. The van der Waals surface area contributed by atoms with Gasteiger partial charge in [0.25, 0.3) is 0 Å². The molecule has 0 spiro atoms. The molecule has 0 bridgehead atoms. The fraction of sp³-hybridized carbons (Fsp3) is 0.105. The van der Waals surface area contributed by atoms with Crippen LogP contribution in [-0.2, 0) is 5.75 Å². The van der Waals surface area contributed by atoms with Crippen molar-refractivity contribution in [2.24, 2.45) is 0 Å². The van der Waals surface area contributed by atoms with E-state index in [4.69, 9.17) is 20.8 Å². The number of thioether (sulfide) groups is 1. The Hall–Kier alpha value is -2.77. The lowest BCUT2D eigenvalue weighted by molar-refractivity contribution is 0.414. The Bertz CT molecular complexity index is 1060. The zero-order valence-electron chi connectivity index (χ0n) is 14.4. The van der Waals surface area contributed by atoms with Crippen molar-refractivity contribution in [2.45, 2.75) is 10.9 Å². The second-order valence-electron chi connectivity index (χ2n) is 5.60. The summed E-state index contributed by atoms with van der Waals surface area (Å²) in [5.41, 5.74) is 1.82. The highest BCUT2D eigenvalue weighted by atomic mass is 35.5. The van der Waals surface area contributed by atoms with E-state index in [1.807, 2.05) is 53.1 Å². The minimum Gasteiger partial charge on any atom is -0.497 e. The number of rotatable bonds is 6. The van der Waals surface area contributed by atoms with E-state index in [9.17, 15) is 0 Å². The van der Waals surface area contributed by atoms with E-state index >= 15 is 0 Å². The van der Waals surface area contributed by atoms with Crippen LogP contribution >= 0.6 is 23.4 Å². The summed E-state index contributed by atoms with van der Waals surface area (Å²) in [4.78, 5) is 4.34. The van der Waals surface area contributed by atoms with E-state index in [1.54, 1.807) is 19.6 Å². The normalized spacial score (nSPS) is 10.9. The van der Waals surface area contributed by atoms with Gasteiger partial charge in [0.2, 0.25) is 5.89 Å². The second kappa shape index (κ2) is 7.85. The van der Waals surface area contributed by atoms with Crippen molar-refractivity contribution in [3.8, 4) is 22.8 Å². The highest BCUT2D eigenvalue weighted by Crippen LogP contribution is 2.28. The maximum Gasteiger partial charge on any atom is 0.205 e. The third kappa shape index (κ3) is 3.99. The first kappa shape index (κ1) is 17.6. The van der Waals surface area contributed by atoms with Gasteiger partial charge in [-0.1, -0.05) is 41.6 Å². The molecule has 0 saturated carbocycles. The third-order valence-electron chi connectivity index (χ3n) is 3.84. The van der Waals surface area contributed by atoms with Crippen LogP contribution in [0.25, 0.3) is 17.0 Å². The molecule has 8 heteroatoms. The number of hydrogen-bond acceptors (Lipinski definition) is 6. The maximum atomic E-state index is 6.03. The number of ether oxygens (including phenoxy) is 1. The summed E-state index contributed by atoms with van der Waals surface area (Å²) in [5.74, 6) is 2.59. The zero-order chi connectivity index (χ0) is 18.6. The highest BCUT2D eigenvalue weighted by molar-refractivity contribution is 7.98. The molecule has 0 N–H and O–H groups in total. The first-order valence-corrected chi connectivity index (χ1v) is 9.47. The zero-order valence-corrected chi connectivity index (χ0v) is 15.9. The molecule has 2 heterocycles. The monoisotopic (exact) mass is 398 g/mol. The van der Waals surface area contributed by atoms with Crippen LogP contribution in [0.2, 0.25) is 5.02 Å². The fourth-order valence-electron chi connectivity index (χ4n) is 2.54. The first-order chi connectivity index (χ1) is 13.2. The van der Waals surface area contributed by atoms with Crippen molar-refractivity contribution >= 4 is 23.4 Å². The molecule has 0 radical (unpaired) electrons. The molecule has 4 aromatic rings. The number of aromatic nitrogens is 4. The molecule has 136 valence electrons. The Labute approximate surface area is 165 Å². The topological polar surface area (TPSA) is 66.0 Å². The molecule has 4 rings (SSSR count). The van der Waals surface area contributed by atoms with Crippen LogP contribution in [0, 0.1) is 0 Å². The van der Waals surface area contributed by atoms with Gasteiger partial charge >= 0.3 is 0 Å². The highest BCUT2D eigenvalue weighted by Gasteiger charge is 2.12. The standard InChI is InChI=1S/C19H15ClN4O2S/c1-25-16-7-3-6-15(9-16)24-12-22-23-19(24)27-11-18-21-10-17(26-18)13-4-2-5-14(20)8-13/h2-10,12H,11H2,1H3. The van der Waals surface area contributed by atoms with Gasteiger partial charge in [-0.2, -0.15) is 0 Å². The van der Waals surface area contributed by atoms with E-state index in [0.717, 1.165) is 22.2 Å². The molecule has 0 aliphatic rings. The molecule has 2 aromatic heterocycles. The van der Waals surface area contributed by atoms with Crippen molar-refractivity contribution < 1.29 is 9.15 Å². The van der Waals surface area contributed by atoms with Gasteiger partial charge in [0.05, 0.1) is 24.7 Å². The van der Waals surface area contributed by atoms with Crippen molar-refractivity contribution in [2.75, 3.05) is 7.11 Å². The number of hydrogen-bond donors (Lipinski definition) is 0. The lowest BCUT2D eigenvalue weighted by Crippen LogP contribution is -1.96. The lowest BCUT2D eigenvalue weighted by Gasteiger charge is -2.07. The largest absolute Gasteiger partial charge is 0.497 e. The van der Waals surface area contributed by atoms with Crippen LogP contribution in [0.3, 0.4) is 0 Å². The number of benzene rings is 2. The van der Waals surface area contributed by atoms with Gasteiger partial charge in [-0.3, -0.25) is 4.57 Å². The van der Waals surface area contributed by atoms with Gasteiger partial charge < -0.3 is 9.15 Å². The van der Waals surface area contributed by atoms with E-state index in [1.165, 1.54) is 11.8 Å². The summed E-state index contributed by atoms with van der Waals surface area (Å²) >= 11 is 7.53. The first-order valence-electron chi connectivity index (χ1n) is 8.11. The van der Waals surface area contributed by atoms with Crippen LogP contribution in [0.1, 0.15) is 5.89 Å². The molecule has 0 saturated heterocycles. The molecule has 0 fully saturated rings. The summed E-state index contributed by atoms with van der Waals surface area (Å²) in [6.45, 7) is 0. The van der Waals surface area contributed by atoms with Gasteiger partial charge in [-0.05, 0) is 24.3 Å². The van der Waals surface area contributed by atoms with Crippen LogP contribution in [-0.4, -0.2) is 26.9 Å². The predicted octanol–water partition coefficient (Wildman–Crippen LogP) is 4.88. The molecule has 0 amide bonds. The summed E-state index contributed by atoms with van der Waals surface area (Å²) in [7, 11) is 1.64. The molecular formula is C19H15ClN4O2S. The van der Waals surface area contributed by atoms with Gasteiger partial charge in [-0.25, -0.2) is 4.98 Å². The van der Waals surface area contributed by atoms with E-state index < -0.39 is 0 Å². The summed E-state index contributed by atoms with van der Waals surface area (Å²) in [6, 6.07) is 15.2. The molecule has 0 unspecified atom stereocenters. The maximum absolute atomic E-state index is 6.03. The van der Waals surface area contributed by atoms with Gasteiger partial charge in [0.15, 0.2) is 10.9 Å². The van der Waals surface area contributed by atoms with Crippen molar-refractivity contribution in [3.63, 3.8) is 0 Å². The smallest absolute Gasteiger partial charge is 0.205 e. The van der Waals surface area contributed by atoms with Crippen LogP contribution in [0.15, 0.2) is 70.6 Å². The third-order valence-corrected chi connectivity index (χ3v) is 5.00. The Morgan fingerprint density at radius 1 is 1.19 bits per heavy atom. The molecule has 0 aliphatic carbocycles. The second-order valence-corrected chi connectivity index (χ2v) is 6.98. The Balaban J connectivity index is 1.50. The van der Waals surface area contributed by atoms with Crippen molar-refractivity contribution in [1.29, 1.82) is 0 Å². The minimum atomic E-state index is 0.531. The molecule has 2 aromatic carbocycles. The van der Waals surface area contributed by atoms with Crippen LogP contribution in [0.4, 0.5) is 0 Å². The van der Waals surface area contributed by atoms with E-state index in [-0.39, 0.29) is 0 Å². The van der Waals surface area contributed by atoms with Gasteiger partial charge in [0.1, 0.15) is 12.1 Å². The molecule has 6 nitrogen and oxygen atoms in total. The predicted molar refractivity (Wildman–Crippen MR) is 104 cm³/mol. The molecule has 0 atom stereocenters. The minimum absolute atomic E-state index is 0.531. The molecular weight excluding hydrogens is 384 g/mol. The van der Waals surface area contributed by atoms with Crippen LogP contribution < -0.4 is 4.74 Å². The average Bonchev–Trinajstić information content (AvgIpc) is 3.36. The Morgan fingerprint density at radius 3 is 2.93 bits per heavy atom. The summed E-state index contributed by atoms with van der Waals surface area (Å²) < 4.78 is 13.0. The Kier molecular flexibility index (Phi) is 5.13. The van der Waals surface area contributed by atoms with Crippen molar-refractivity contribution in [3.05, 3.63) is 72.0 Å². The molecule has 0 aliphatic heterocycles. The quantitative estimate of drug-likeness (QED) is 0.431. The van der Waals surface area contributed by atoms with Gasteiger partial charge in [-0.15, -0.1) is 10.2 Å². The SMILES string of the molecule is COc1cccc(-n2cnnc2SCc2ncc(-c3cccc(Cl)c3)o2)c1. The van der Waals surface area contributed by atoms with Gasteiger partial charge in [0, 0.05) is 16.7 Å². The van der Waals surface area contributed by atoms with E-state index in [0.29, 0.717) is 22.4 Å². The van der Waals surface area contributed by atoms with Crippen LogP contribution in [0.5, 0.6) is 5.75 Å². The summed E-state index contributed by atoms with van der Waals surface area (Å²) in [5, 5.41) is 9.60. The average molecular weight is 399 g/mol. The number of halogens is 1. The molecule has 27 heavy (non-hydrogen) atoms. The fourth-order valence-corrected chi connectivity index (χ4v) is 3.51.